The van der Waals surface area contributed by atoms with Crippen molar-refractivity contribution in [1.82, 2.24) is 10.6 Å². The van der Waals surface area contributed by atoms with Crippen LogP contribution in [0.5, 0.6) is 0 Å². The van der Waals surface area contributed by atoms with Crippen LogP contribution in [0.25, 0.3) is 0 Å². The molecule has 0 aromatic carbocycles. The monoisotopic (exact) mass is 345 g/mol. The van der Waals surface area contributed by atoms with E-state index < -0.39 is 18.0 Å². The average Bonchev–Trinajstić information content (AvgIpc) is 2.60. The molecule has 2 heterocycles. The first-order chi connectivity index (χ1) is 12.0. The van der Waals surface area contributed by atoms with Gasteiger partial charge in [-0.05, 0) is 31.7 Å². The molecule has 0 bridgehead atoms. The minimum absolute atomic E-state index is 0.335. The molecule has 1 unspecified atom stereocenters. The number of allylic oxidation sites excluding steroid dienone is 1. The maximum absolute atomic E-state index is 12.7. The number of hydrogen-bond acceptors (Lipinski definition) is 4. The van der Waals surface area contributed by atoms with Crippen molar-refractivity contribution in [3.05, 3.63) is 46.6 Å². The van der Waals surface area contributed by atoms with Crippen molar-refractivity contribution in [3.63, 3.8) is 0 Å². The van der Waals surface area contributed by atoms with E-state index in [1.54, 1.807) is 19.1 Å². The Bertz CT molecular complexity index is 695. The van der Waals surface area contributed by atoms with Gasteiger partial charge in [-0.1, -0.05) is 19.3 Å². The summed E-state index contributed by atoms with van der Waals surface area (Å²) in [5.74, 6) is -0.0504. The largest absolute Gasteiger partial charge is 0.619 e. The first-order valence-electron chi connectivity index (χ1n) is 8.68. The number of carbonyl (C=O) groups is 2. The molecule has 2 amide bonds. The standard InChI is InChI=1S/C18H23N3O4/c1-12-15(17(22)25-11-13-6-3-2-4-7-13)16(20-18(23)19-12)14-8-5-9-21(24)10-14/h5,8-10,13,16H,2-4,6-7,11H2,1H3,(H2,19,20,23). The molecule has 0 saturated heterocycles. The van der Waals surface area contributed by atoms with E-state index in [0.717, 1.165) is 12.8 Å². The molecule has 1 aromatic rings. The molecule has 7 nitrogen and oxygen atoms in total. The van der Waals surface area contributed by atoms with Gasteiger partial charge in [0, 0.05) is 17.3 Å². The van der Waals surface area contributed by atoms with Gasteiger partial charge in [-0.2, -0.15) is 4.73 Å². The third-order valence-electron chi connectivity index (χ3n) is 4.80. The average molecular weight is 345 g/mol. The van der Waals surface area contributed by atoms with Gasteiger partial charge >= 0.3 is 12.0 Å². The smallest absolute Gasteiger partial charge is 0.338 e. The first kappa shape index (κ1) is 17.3. The molecule has 134 valence electrons. The molecule has 1 aliphatic carbocycles. The molecule has 0 spiro atoms. The van der Waals surface area contributed by atoms with Crippen LogP contribution >= 0.6 is 0 Å². The van der Waals surface area contributed by atoms with Crippen molar-refractivity contribution in [1.29, 1.82) is 0 Å². The maximum Gasteiger partial charge on any atom is 0.338 e. The molecule has 7 heteroatoms. The van der Waals surface area contributed by atoms with Crippen LogP contribution in [-0.2, 0) is 9.53 Å². The van der Waals surface area contributed by atoms with Gasteiger partial charge in [-0.25, -0.2) is 9.59 Å². The summed E-state index contributed by atoms with van der Waals surface area (Å²) in [6.07, 6.45) is 8.46. The van der Waals surface area contributed by atoms with Crippen LogP contribution in [0.3, 0.4) is 0 Å². The number of pyridine rings is 1. The Morgan fingerprint density at radius 2 is 2.12 bits per heavy atom. The van der Waals surface area contributed by atoms with Crippen LogP contribution in [0, 0.1) is 11.1 Å². The van der Waals surface area contributed by atoms with Gasteiger partial charge in [0.2, 0.25) is 0 Å². The SMILES string of the molecule is CC1=C(C(=O)OCC2CCCCC2)C(c2ccc[n+]([O-])c2)NC(=O)N1. The Morgan fingerprint density at radius 1 is 1.36 bits per heavy atom. The van der Waals surface area contributed by atoms with E-state index in [1.807, 2.05) is 0 Å². The molecule has 1 aliphatic heterocycles. The second-order valence-corrected chi connectivity index (χ2v) is 6.67. The molecule has 25 heavy (non-hydrogen) atoms. The van der Waals surface area contributed by atoms with E-state index in [1.165, 1.54) is 31.7 Å². The molecule has 2 N–H and O–H groups in total. The molecule has 0 radical (unpaired) electrons. The third kappa shape index (κ3) is 4.10. The van der Waals surface area contributed by atoms with E-state index >= 15 is 0 Å². The molecule has 1 aromatic heterocycles. The summed E-state index contributed by atoms with van der Waals surface area (Å²) >= 11 is 0. The Kier molecular flexibility index (Phi) is 5.21. The summed E-state index contributed by atoms with van der Waals surface area (Å²) in [6, 6.07) is 2.17. The van der Waals surface area contributed by atoms with Gasteiger partial charge < -0.3 is 20.6 Å². The lowest BCUT2D eigenvalue weighted by atomic mass is 9.90. The normalized spacial score (nSPS) is 21.5. The molecule has 2 aliphatic rings. The second-order valence-electron chi connectivity index (χ2n) is 6.67. The lowest BCUT2D eigenvalue weighted by Gasteiger charge is -2.28. The Labute approximate surface area is 146 Å². The number of ether oxygens (including phenoxy) is 1. The molecule has 1 atom stereocenters. The second kappa shape index (κ2) is 7.55. The number of nitrogens with zero attached hydrogens (tertiary/aromatic N) is 1. The van der Waals surface area contributed by atoms with Crippen molar-refractivity contribution >= 4 is 12.0 Å². The number of carbonyl (C=O) groups excluding carboxylic acids is 2. The zero-order chi connectivity index (χ0) is 17.8. The minimum Gasteiger partial charge on any atom is -0.619 e. The summed E-state index contributed by atoms with van der Waals surface area (Å²) in [5.41, 5.74) is 1.32. The fraction of sp³-hybridized carbons (Fsp3) is 0.500. The number of esters is 1. The predicted octanol–water partition coefficient (Wildman–Crippen LogP) is 2.07. The zero-order valence-corrected chi connectivity index (χ0v) is 14.3. The lowest BCUT2D eigenvalue weighted by molar-refractivity contribution is -0.605. The Morgan fingerprint density at radius 3 is 2.84 bits per heavy atom. The fourth-order valence-corrected chi connectivity index (χ4v) is 3.48. The van der Waals surface area contributed by atoms with Gasteiger partial charge in [0.25, 0.3) is 0 Å². The van der Waals surface area contributed by atoms with E-state index in [2.05, 4.69) is 10.6 Å². The lowest BCUT2D eigenvalue weighted by Crippen LogP contribution is -2.46. The molecular weight excluding hydrogens is 322 g/mol. The van der Waals surface area contributed by atoms with Gasteiger partial charge in [0.05, 0.1) is 18.2 Å². The topological polar surface area (TPSA) is 94.4 Å². The van der Waals surface area contributed by atoms with Crippen LogP contribution in [0.4, 0.5) is 4.79 Å². The third-order valence-corrected chi connectivity index (χ3v) is 4.80. The van der Waals surface area contributed by atoms with Crippen LogP contribution in [-0.4, -0.2) is 18.6 Å². The van der Waals surface area contributed by atoms with Crippen molar-refractivity contribution in [2.24, 2.45) is 5.92 Å². The van der Waals surface area contributed by atoms with E-state index in [0.29, 0.717) is 34.1 Å². The van der Waals surface area contributed by atoms with Crippen LogP contribution < -0.4 is 15.4 Å². The quantitative estimate of drug-likeness (QED) is 0.496. The predicted molar refractivity (Wildman–Crippen MR) is 90.0 cm³/mol. The number of hydrogen-bond donors (Lipinski definition) is 2. The number of amides is 2. The van der Waals surface area contributed by atoms with E-state index in [4.69, 9.17) is 4.74 Å². The van der Waals surface area contributed by atoms with Crippen molar-refractivity contribution < 1.29 is 19.1 Å². The first-order valence-corrected chi connectivity index (χ1v) is 8.68. The highest BCUT2D eigenvalue weighted by molar-refractivity contribution is 5.94. The van der Waals surface area contributed by atoms with E-state index in [9.17, 15) is 14.8 Å². The molecule has 3 rings (SSSR count). The van der Waals surface area contributed by atoms with Crippen molar-refractivity contribution in [3.8, 4) is 0 Å². The van der Waals surface area contributed by atoms with E-state index in [-0.39, 0.29) is 0 Å². The highest BCUT2D eigenvalue weighted by Crippen LogP contribution is 2.28. The number of aromatic nitrogens is 1. The van der Waals surface area contributed by atoms with Gasteiger partial charge in [-0.15, -0.1) is 0 Å². The molecule has 1 fully saturated rings. The Balaban J connectivity index is 1.78. The van der Waals surface area contributed by atoms with Crippen molar-refractivity contribution in [2.45, 2.75) is 45.1 Å². The summed E-state index contributed by atoms with van der Waals surface area (Å²) < 4.78 is 6.18. The fourth-order valence-electron chi connectivity index (χ4n) is 3.48. The van der Waals surface area contributed by atoms with Gasteiger partial charge in [0.1, 0.15) is 0 Å². The van der Waals surface area contributed by atoms with Gasteiger partial charge in [-0.3, -0.25) is 0 Å². The highest BCUT2D eigenvalue weighted by Gasteiger charge is 2.33. The number of nitrogens with one attached hydrogen (secondary N) is 2. The maximum atomic E-state index is 12.7. The summed E-state index contributed by atoms with van der Waals surface area (Å²) in [5, 5.41) is 16.9. The highest BCUT2D eigenvalue weighted by atomic mass is 16.5. The molecule has 1 saturated carbocycles. The van der Waals surface area contributed by atoms with Gasteiger partial charge in [0.15, 0.2) is 12.4 Å². The van der Waals surface area contributed by atoms with Crippen molar-refractivity contribution in [2.75, 3.05) is 6.61 Å². The summed E-state index contributed by atoms with van der Waals surface area (Å²) in [4.78, 5) is 24.5. The molecular formula is C18H23N3O4. The Hall–Kier alpha value is -2.57. The minimum atomic E-state index is -0.700. The summed E-state index contributed by atoms with van der Waals surface area (Å²) in [6.45, 7) is 2.06. The summed E-state index contributed by atoms with van der Waals surface area (Å²) in [7, 11) is 0. The van der Waals surface area contributed by atoms with Crippen LogP contribution in [0.15, 0.2) is 35.8 Å². The zero-order valence-electron chi connectivity index (χ0n) is 14.3. The number of urea groups is 1. The van der Waals surface area contributed by atoms with Crippen LogP contribution in [0.2, 0.25) is 0 Å². The number of rotatable bonds is 4. The van der Waals surface area contributed by atoms with Crippen LogP contribution in [0.1, 0.15) is 50.6 Å².